The van der Waals surface area contributed by atoms with E-state index in [0.29, 0.717) is 5.78 Å². The van der Waals surface area contributed by atoms with Gasteiger partial charge in [0.1, 0.15) is 11.6 Å². The molecule has 0 aliphatic carbocycles. The van der Waals surface area contributed by atoms with Gasteiger partial charge in [-0.25, -0.2) is 0 Å². The SMILES string of the molecule is CC(=O)C(C)(C)C.CC(C)C(=O)C(C)(C)C.CC(O)C(C(=O)C(C)(C)C)N(C)C. The van der Waals surface area contributed by atoms with Crippen LogP contribution in [0.5, 0.6) is 0 Å². The lowest BCUT2D eigenvalue weighted by Crippen LogP contribution is -2.48. The minimum absolute atomic E-state index is 0.0764. The molecule has 29 heavy (non-hydrogen) atoms. The van der Waals surface area contributed by atoms with E-state index in [-0.39, 0.29) is 28.3 Å². The molecule has 0 fully saturated rings. The number of carbonyl (C=O) groups is 3. The fourth-order valence-corrected chi connectivity index (χ4v) is 2.19. The lowest BCUT2D eigenvalue weighted by atomic mass is 9.84. The molecule has 2 atom stereocenters. The van der Waals surface area contributed by atoms with Crippen LogP contribution in [0.2, 0.25) is 0 Å². The predicted molar refractivity (Wildman–Crippen MR) is 123 cm³/mol. The quantitative estimate of drug-likeness (QED) is 0.714. The topological polar surface area (TPSA) is 74.7 Å². The van der Waals surface area contributed by atoms with Crippen LogP contribution in [0.3, 0.4) is 0 Å². The maximum atomic E-state index is 11.8. The number of hydrogen-bond donors (Lipinski definition) is 1. The van der Waals surface area contributed by atoms with Crippen LogP contribution in [0.25, 0.3) is 0 Å². The average molecular weight is 416 g/mol. The van der Waals surface area contributed by atoms with Crippen molar-refractivity contribution in [3.05, 3.63) is 0 Å². The Bertz CT molecular complexity index is 504. The van der Waals surface area contributed by atoms with E-state index in [4.69, 9.17) is 0 Å². The minimum Gasteiger partial charge on any atom is -0.391 e. The summed E-state index contributed by atoms with van der Waals surface area (Å²) in [5.74, 6) is 0.826. The zero-order valence-corrected chi connectivity index (χ0v) is 21.9. The maximum absolute atomic E-state index is 11.8. The van der Waals surface area contributed by atoms with Gasteiger partial charge in [-0.3, -0.25) is 19.3 Å². The second kappa shape index (κ2) is 12.6. The molecule has 2 unspecified atom stereocenters. The van der Waals surface area contributed by atoms with Crippen LogP contribution in [0.4, 0.5) is 0 Å². The van der Waals surface area contributed by atoms with Gasteiger partial charge in [0.25, 0.3) is 0 Å². The molecule has 0 aromatic carbocycles. The Morgan fingerprint density at radius 3 is 1.00 bits per heavy atom. The minimum atomic E-state index is -0.623. The van der Waals surface area contributed by atoms with Gasteiger partial charge in [-0.05, 0) is 27.9 Å². The summed E-state index contributed by atoms with van der Waals surface area (Å²) in [6.45, 7) is 24.3. The van der Waals surface area contributed by atoms with Crippen molar-refractivity contribution in [2.75, 3.05) is 14.1 Å². The van der Waals surface area contributed by atoms with Crippen LogP contribution in [-0.4, -0.2) is 53.6 Å². The number of nitrogens with zero attached hydrogens (tertiary/aromatic N) is 1. The van der Waals surface area contributed by atoms with Crippen molar-refractivity contribution >= 4 is 17.3 Å². The number of aliphatic hydroxyl groups is 1. The molecule has 0 rings (SSSR count). The van der Waals surface area contributed by atoms with Crippen LogP contribution in [0, 0.1) is 22.2 Å². The first-order chi connectivity index (χ1) is 12.5. The van der Waals surface area contributed by atoms with Crippen molar-refractivity contribution in [1.29, 1.82) is 0 Å². The summed E-state index contributed by atoms with van der Waals surface area (Å²) in [5, 5.41) is 9.45. The Hall–Kier alpha value is -1.07. The summed E-state index contributed by atoms with van der Waals surface area (Å²) in [5.41, 5.74) is -0.694. The molecule has 1 N–H and O–H groups in total. The van der Waals surface area contributed by atoms with E-state index in [2.05, 4.69) is 0 Å². The lowest BCUT2D eigenvalue weighted by molar-refractivity contribution is -0.134. The van der Waals surface area contributed by atoms with E-state index in [0.717, 1.165) is 0 Å². The number of hydrogen-bond acceptors (Lipinski definition) is 5. The van der Waals surface area contributed by atoms with Crippen molar-refractivity contribution < 1.29 is 19.5 Å². The van der Waals surface area contributed by atoms with Gasteiger partial charge >= 0.3 is 0 Å². The molecule has 0 aliphatic heterocycles. The standard InChI is InChI=1S/C10H21NO2.C8H16O.C6H12O/c1-7(12)8(11(5)6)9(13)10(2,3)4;1-6(2)7(9)8(3,4)5;1-5(7)6(2,3)4/h7-8,12H,1-6H3;6H,1-5H3;1-4H3. The smallest absolute Gasteiger partial charge is 0.157 e. The molecule has 0 saturated carbocycles. The van der Waals surface area contributed by atoms with Crippen LogP contribution in [0.15, 0.2) is 0 Å². The van der Waals surface area contributed by atoms with Crippen LogP contribution >= 0.6 is 0 Å². The molecule has 5 heteroatoms. The molecule has 0 aliphatic rings. The molecule has 0 heterocycles. The van der Waals surface area contributed by atoms with Crippen molar-refractivity contribution in [2.24, 2.45) is 22.2 Å². The summed E-state index contributed by atoms with van der Waals surface area (Å²) in [6.07, 6.45) is -0.623. The fourth-order valence-electron chi connectivity index (χ4n) is 2.19. The van der Waals surface area contributed by atoms with Gasteiger partial charge in [-0.15, -0.1) is 0 Å². The van der Waals surface area contributed by atoms with E-state index >= 15 is 0 Å². The molecule has 0 radical (unpaired) electrons. The molecule has 0 saturated heterocycles. The van der Waals surface area contributed by atoms with Crippen molar-refractivity contribution in [3.63, 3.8) is 0 Å². The molecule has 0 bridgehead atoms. The molecule has 0 aromatic heterocycles. The van der Waals surface area contributed by atoms with Crippen molar-refractivity contribution in [2.45, 2.75) is 102 Å². The Kier molecular flexibility index (Phi) is 14.1. The van der Waals surface area contributed by atoms with Crippen molar-refractivity contribution in [1.82, 2.24) is 4.90 Å². The summed E-state index contributed by atoms with van der Waals surface area (Å²) in [7, 11) is 3.61. The van der Waals surface area contributed by atoms with Gasteiger partial charge in [0.05, 0.1) is 12.1 Å². The third kappa shape index (κ3) is 15.4. The third-order valence-electron chi connectivity index (χ3n) is 4.34. The highest BCUT2D eigenvalue weighted by molar-refractivity contribution is 5.89. The van der Waals surface area contributed by atoms with Gasteiger partial charge in [-0.2, -0.15) is 0 Å². The lowest BCUT2D eigenvalue weighted by Gasteiger charge is -2.31. The Balaban J connectivity index is -0.000000370. The zero-order chi connectivity index (χ0) is 24.5. The third-order valence-corrected chi connectivity index (χ3v) is 4.34. The van der Waals surface area contributed by atoms with Gasteiger partial charge in [-0.1, -0.05) is 76.2 Å². The number of Topliss-reactive ketones (excluding diaryl/α,β-unsaturated/α-hetero) is 3. The number of ketones is 3. The first-order valence-electron chi connectivity index (χ1n) is 10.4. The first-order valence-corrected chi connectivity index (χ1v) is 10.4. The van der Waals surface area contributed by atoms with Gasteiger partial charge in [0.15, 0.2) is 5.78 Å². The fraction of sp³-hybridized carbons (Fsp3) is 0.875. The normalized spacial score (nSPS) is 14.3. The number of aliphatic hydroxyl groups excluding tert-OH is 1. The van der Waals surface area contributed by atoms with Crippen molar-refractivity contribution in [3.8, 4) is 0 Å². The van der Waals surface area contributed by atoms with Gasteiger partial charge < -0.3 is 5.11 Å². The number of rotatable bonds is 4. The predicted octanol–water partition coefficient (Wildman–Crippen LogP) is 4.79. The van der Waals surface area contributed by atoms with E-state index in [1.54, 1.807) is 32.8 Å². The highest BCUT2D eigenvalue weighted by Gasteiger charge is 2.33. The molecule has 0 amide bonds. The van der Waals surface area contributed by atoms with E-state index in [1.165, 1.54) is 0 Å². The summed E-state index contributed by atoms with van der Waals surface area (Å²) in [6, 6.07) is -0.403. The Morgan fingerprint density at radius 2 is 0.966 bits per heavy atom. The Labute approximate surface area is 180 Å². The van der Waals surface area contributed by atoms with E-state index in [1.807, 2.05) is 76.2 Å². The number of carbonyl (C=O) groups excluding carboxylic acids is 3. The van der Waals surface area contributed by atoms with Crippen LogP contribution < -0.4 is 0 Å². The van der Waals surface area contributed by atoms with Gasteiger partial charge in [0, 0.05) is 22.2 Å². The first kappa shape index (κ1) is 32.6. The molecule has 0 aromatic rings. The summed E-state index contributed by atoms with van der Waals surface area (Å²) in [4.78, 5) is 35.2. The zero-order valence-electron chi connectivity index (χ0n) is 21.9. The van der Waals surface area contributed by atoms with Crippen LogP contribution in [0.1, 0.15) is 90.0 Å². The largest absolute Gasteiger partial charge is 0.391 e. The van der Waals surface area contributed by atoms with Crippen LogP contribution in [-0.2, 0) is 14.4 Å². The average Bonchev–Trinajstić information content (AvgIpc) is 2.43. The summed E-state index contributed by atoms with van der Waals surface area (Å²) < 4.78 is 0. The molecule has 174 valence electrons. The molecular formula is C24H49NO4. The second-order valence-corrected chi connectivity index (χ2v) is 11.3. The van der Waals surface area contributed by atoms with E-state index in [9.17, 15) is 19.5 Å². The Morgan fingerprint density at radius 1 is 0.690 bits per heavy atom. The van der Waals surface area contributed by atoms with Gasteiger partial charge in [0.2, 0.25) is 0 Å². The second-order valence-electron chi connectivity index (χ2n) is 11.3. The van der Waals surface area contributed by atoms with E-state index < -0.39 is 17.6 Å². The highest BCUT2D eigenvalue weighted by Crippen LogP contribution is 2.20. The monoisotopic (exact) mass is 415 g/mol. The summed E-state index contributed by atoms with van der Waals surface area (Å²) >= 11 is 0. The molecular weight excluding hydrogens is 366 g/mol. The molecule has 0 spiro atoms. The highest BCUT2D eigenvalue weighted by atomic mass is 16.3. The molecule has 5 nitrogen and oxygen atoms in total. The maximum Gasteiger partial charge on any atom is 0.157 e. The number of likely N-dealkylation sites (N-methyl/N-ethyl adjacent to an activating group) is 1.